The second kappa shape index (κ2) is 4.98. The highest BCUT2D eigenvalue weighted by Gasteiger charge is 2.02. The first kappa shape index (κ1) is 10.2. The molecule has 5 heteroatoms. The predicted molar refractivity (Wildman–Crippen MR) is 53.2 cm³/mol. The number of nitrogens with one attached hydrogen (secondary N) is 1. The van der Waals surface area contributed by atoms with Gasteiger partial charge in [-0.25, -0.2) is 0 Å². The maximum atomic E-state index is 11.0. The lowest BCUT2D eigenvalue weighted by Crippen LogP contribution is -2.14. The lowest BCUT2D eigenvalue weighted by molar-refractivity contribution is -0.110. The van der Waals surface area contributed by atoms with Crippen molar-refractivity contribution in [2.24, 2.45) is 10.9 Å². The molecule has 1 aromatic rings. The van der Waals surface area contributed by atoms with Crippen molar-refractivity contribution in [3.8, 4) is 0 Å². The summed E-state index contributed by atoms with van der Waals surface area (Å²) in [5.41, 5.74) is 6.92. The number of carbonyl (C=O) groups excluding carboxylic acids is 1. The molecule has 4 N–H and O–H groups in total. The molecule has 74 valence electrons. The van der Waals surface area contributed by atoms with Gasteiger partial charge in [0, 0.05) is 12.2 Å². The van der Waals surface area contributed by atoms with Crippen LogP contribution in [0.15, 0.2) is 29.4 Å². The van der Waals surface area contributed by atoms with Gasteiger partial charge < -0.3 is 16.3 Å². The van der Waals surface area contributed by atoms with Crippen LogP contribution in [0.25, 0.3) is 0 Å². The van der Waals surface area contributed by atoms with Crippen LogP contribution < -0.4 is 11.1 Å². The smallest absolute Gasteiger partial charge is 0.270 e. The summed E-state index contributed by atoms with van der Waals surface area (Å²) >= 11 is 0. The Morgan fingerprint density at radius 1 is 1.57 bits per heavy atom. The number of benzene rings is 1. The topological polar surface area (TPSA) is 87.7 Å². The van der Waals surface area contributed by atoms with Gasteiger partial charge in [-0.15, -0.1) is 0 Å². The lowest BCUT2D eigenvalue weighted by atomic mass is 10.2. The Morgan fingerprint density at radius 3 is 2.93 bits per heavy atom. The van der Waals surface area contributed by atoms with Gasteiger partial charge in [-0.1, -0.05) is 23.4 Å². The number of carbonyl (C=O) groups is 1. The SMILES string of the molecule is NCc1ccccc1NC(=O)C=NO. The Kier molecular flexibility index (Phi) is 3.63. The van der Waals surface area contributed by atoms with Crippen LogP contribution in [-0.2, 0) is 11.3 Å². The van der Waals surface area contributed by atoms with Gasteiger partial charge in [-0.2, -0.15) is 0 Å². The molecule has 0 atom stereocenters. The normalized spacial score (nSPS) is 10.4. The van der Waals surface area contributed by atoms with Gasteiger partial charge in [0.05, 0.1) is 0 Å². The van der Waals surface area contributed by atoms with Crippen molar-refractivity contribution >= 4 is 17.8 Å². The average Bonchev–Trinajstić information content (AvgIpc) is 2.19. The number of oxime groups is 1. The number of para-hydroxylation sites is 1. The monoisotopic (exact) mass is 193 g/mol. The molecule has 1 aromatic carbocycles. The van der Waals surface area contributed by atoms with Gasteiger partial charge in [-0.3, -0.25) is 4.79 Å². The maximum absolute atomic E-state index is 11.0. The van der Waals surface area contributed by atoms with Crippen LogP contribution in [-0.4, -0.2) is 17.3 Å². The summed E-state index contributed by atoms with van der Waals surface area (Å²) in [6.07, 6.45) is 0.785. The summed E-state index contributed by atoms with van der Waals surface area (Å²) in [5, 5.41) is 13.3. The molecule has 0 fully saturated rings. The Bertz CT molecular complexity index is 350. The number of hydrogen-bond donors (Lipinski definition) is 3. The van der Waals surface area contributed by atoms with E-state index in [0.717, 1.165) is 11.8 Å². The second-order valence-electron chi connectivity index (χ2n) is 2.60. The van der Waals surface area contributed by atoms with Gasteiger partial charge in [0.1, 0.15) is 6.21 Å². The van der Waals surface area contributed by atoms with Crippen LogP contribution in [0.3, 0.4) is 0 Å². The molecule has 0 spiro atoms. The summed E-state index contributed by atoms with van der Waals surface area (Å²) < 4.78 is 0. The zero-order chi connectivity index (χ0) is 10.4. The van der Waals surface area contributed by atoms with Crippen LogP contribution in [0.1, 0.15) is 5.56 Å². The minimum absolute atomic E-state index is 0.340. The van der Waals surface area contributed by atoms with Gasteiger partial charge >= 0.3 is 0 Å². The third-order valence-corrected chi connectivity index (χ3v) is 1.67. The molecule has 1 amide bonds. The van der Waals surface area contributed by atoms with Gasteiger partial charge in [0.25, 0.3) is 5.91 Å². The van der Waals surface area contributed by atoms with Gasteiger partial charge in [0.15, 0.2) is 0 Å². The fraction of sp³-hybridized carbons (Fsp3) is 0.111. The number of hydrogen-bond acceptors (Lipinski definition) is 4. The Morgan fingerprint density at radius 2 is 2.29 bits per heavy atom. The highest BCUT2D eigenvalue weighted by atomic mass is 16.4. The van der Waals surface area contributed by atoms with E-state index < -0.39 is 5.91 Å². The molecule has 1 rings (SSSR count). The number of nitrogens with zero attached hydrogens (tertiary/aromatic N) is 1. The molecule has 0 aliphatic heterocycles. The molecule has 0 bridgehead atoms. The number of nitrogens with two attached hydrogens (primary N) is 1. The molecular weight excluding hydrogens is 182 g/mol. The second-order valence-corrected chi connectivity index (χ2v) is 2.60. The van der Waals surface area contributed by atoms with E-state index in [0.29, 0.717) is 12.2 Å². The molecule has 0 unspecified atom stereocenters. The van der Waals surface area contributed by atoms with Crippen LogP contribution in [0.4, 0.5) is 5.69 Å². The van der Waals surface area contributed by atoms with Crippen molar-refractivity contribution in [2.75, 3.05) is 5.32 Å². The average molecular weight is 193 g/mol. The molecule has 14 heavy (non-hydrogen) atoms. The zero-order valence-electron chi connectivity index (χ0n) is 7.47. The molecule has 0 aliphatic rings. The summed E-state index contributed by atoms with van der Waals surface area (Å²) in [6, 6.07) is 7.15. The summed E-state index contributed by atoms with van der Waals surface area (Å²) in [4.78, 5) is 11.0. The first-order valence-corrected chi connectivity index (χ1v) is 4.04. The highest BCUT2D eigenvalue weighted by Crippen LogP contribution is 2.13. The van der Waals surface area contributed by atoms with Crippen molar-refractivity contribution in [3.05, 3.63) is 29.8 Å². The largest absolute Gasteiger partial charge is 0.411 e. The minimum atomic E-state index is -0.492. The first-order chi connectivity index (χ1) is 6.77. The highest BCUT2D eigenvalue weighted by molar-refractivity contribution is 6.31. The van der Waals surface area contributed by atoms with Crippen LogP contribution in [0.5, 0.6) is 0 Å². The standard InChI is InChI=1S/C9H11N3O2/c10-5-7-3-1-2-4-8(7)12-9(13)6-11-14/h1-4,6,14H,5,10H2,(H,12,13). The Balaban J connectivity index is 2.80. The number of anilines is 1. The zero-order valence-corrected chi connectivity index (χ0v) is 7.47. The Labute approximate surface area is 81.2 Å². The molecule has 0 saturated carbocycles. The van der Waals surface area contributed by atoms with E-state index in [1.54, 1.807) is 12.1 Å². The quantitative estimate of drug-likeness (QED) is 0.372. The summed E-state index contributed by atoms with van der Waals surface area (Å²) in [6.45, 7) is 0.340. The molecule has 0 aromatic heterocycles. The molecule has 0 aliphatic carbocycles. The summed E-state index contributed by atoms with van der Waals surface area (Å²) in [7, 11) is 0. The molecular formula is C9H11N3O2. The van der Waals surface area contributed by atoms with E-state index in [1.807, 2.05) is 12.1 Å². The summed E-state index contributed by atoms with van der Waals surface area (Å²) in [5.74, 6) is -0.492. The number of rotatable bonds is 3. The van der Waals surface area contributed by atoms with Crippen molar-refractivity contribution in [1.29, 1.82) is 0 Å². The molecule has 5 nitrogen and oxygen atoms in total. The molecule has 0 heterocycles. The lowest BCUT2D eigenvalue weighted by Gasteiger charge is -2.06. The number of amides is 1. The Hall–Kier alpha value is -1.88. The van der Waals surface area contributed by atoms with Gasteiger partial charge in [-0.05, 0) is 11.6 Å². The van der Waals surface area contributed by atoms with Crippen LogP contribution in [0, 0.1) is 0 Å². The third-order valence-electron chi connectivity index (χ3n) is 1.67. The van der Waals surface area contributed by atoms with Crippen LogP contribution >= 0.6 is 0 Å². The molecule has 0 radical (unpaired) electrons. The fourth-order valence-electron chi connectivity index (χ4n) is 1.04. The first-order valence-electron chi connectivity index (χ1n) is 4.04. The minimum Gasteiger partial charge on any atom is -0.411 e. The van der Waals surface area contributed by atoms with Crippen molar-refractivity contribution in [3.63, 3.8) is 0 Å². The van der Waals surface area contributed by atoms with Crippen molar-refractivity contribution in [2.45, 2.75) is 6.54 Å². The van der Waals surface area contributed by atoms with E-state index in [4.69, 9.17) is 10.9 Å². The van der Waals surface area contributed by atoms with E-state index in [9.17, 15) is 4.79 Å². The third kappa shape index (κ3) is 2.56. The maximum Gasteiger partial charge on any atom is 0.270 e. The van der Waals surface area contributed by atoms with Crippen molar-refractivity contribution in [1.82, 2.24) is 0 Å². The van der Waals surface area contributed by atoms with E-state index in [-0.39, 0.29) is 0 Å². The van der Waals surface area contributed by atoms with Crippen LogP contribution in [0.2, 0.25) is 0 Å². The van der Waals surface area contributed by atoms with Gasteiger partial charge in [0.2, 0.25) is 0 Å². The van der Waals surface area contributed by atoms with E-state index >= 15 is 0 Å². The fourth-order valence-corrected chi connectivity index (χ4v) is 1.04. The van der Waals surface area contributed by atoms with Crippen molar-refractivity contribution < 1.29 is 10.0 Å². The predicted octanol–water partition coefficient (Wildman–Crippen LogP) is 0.544. The van der Waals surface area contributed by atoms with E-state index in [2.05, 4.69) is 10.5 Å². The van der Waals surface area contributed by atoms with E-state index in [1.165, 1.54) is 0 Å². The molecule has 0 saturated heterocycles.